The maximum atomic E-state index is 11.7. The molecule has 0 aromatic carbocycles. The summed E-state index contributed by atoms with van der Waals surface area (Å²) in [6.07, 6.45) is 2.65. The van der Waals surface area contributed by atoms with Gasteiger partial charge in [-0.15, -0.1) is 0 Å². The van der Waals surface area contributed by atoms with Crippen molar-refractivity contribution in [3.8, 4) is 5.75 Å². The minimum Gasteiger partial charge on any atom is -0.505 e. The number of aromatic hydroxyl groups is 1. The summed E-state index contributed by atoms with van der Waals surface area (Å²) in [6, 6.07) is 2.92. The molecule has 90 valence electrons. The quantitative estimate of drug-likeness (QED) is 0.676. The van der Waals surface area contributed by atoms with Crippen LogP contribution in [0, 0.1) is 0 Å². The van der Waals surface area contributed by atoms with Crippen molar-refractivity contribution in [3.05, 3.63) is 24.0 Å². The molecule has 3 N–H and O–H groups in total. The van der Waals surface area contributed by atoms with Gasteiger partial charge in [0.05, 0.1) is 0 Å². The zero-order valence-electron chi connectivity index (χ0n) is 9.14. The zero-order chi connectivity index (χ0) is 12.3. The third kappa shape index (κ3) is 2.72. The SMILES string of the molecule is O=C1CCC(CNC(=O)c2ncccc2O)N1. The number of nitrogens with zero attached hydrogens (tertiary/aromatic N) is 1. The molecule has 1 unspecified atom stereocenters. The number of hydrogen-bond acceptors (Lipinski definition) is 4. The minimum atomic E-state index is -0.441. The van der Waals surface area contributed by atoms with Crippen LogP contribution in [0.4, 0.5) is 0 Å². The first-order chi connectivity index (χ1) is 8.16. The lowest BCUT2D eigenvalue weighted by Crippen LogP contribution is -2.38. The van der Waals surface area contributed by atoms with Gasteiger partial charge in [0.15, 0.2) is 5.69 Å². The first-order valence-electron chi connectivity index (χ1n) is 5.38. The van der Waals surface area contributed by atoms with Gasteiger partial charge < -0.3 is 15.7 Å². The molecule has 2 rings (SSSR count). The molecule has 17 heavy (non-hydrogen) atoms. The van der Waals surface area contributed by atoms with E-state index < -0.39 is 5.91 Å². The number of hydrogen-bond donors (Lipinski definition) is 3. The highest BCUT2D eigenvalue weighted by Gasteiger charge is 2.21. The Balaban J connectivity index is 1.90. The van der Waals surface area contributed by atoms with Crippen molar-refractivity contribution in [2.24, 2.45) is 0 Å². The van der Waals surface area contributed by atoms with Gasteiger partial charge in [-0.05, 0) is 18.6 Å². The van der Waals surface area contributed by atoms with Crippen molar-refractivity contribution in [1.29, 1.82) is 0 Å². The van der Waals surface area contributed by atoms with Crippen LogP contribution in [0.5, 0.6) is 5.75 Å². The molecule has 1 aliphatic heterocycles. The number of aromatic nitrogens is 1. The van der Waals surface area contributed by atoms with Gasteiger partial charge in [-0.1, -0.05) is 0 Å². The average Bonchev–Trinajstić information content (AvgIpc) is 2.73. The summed E-state index contributed by atoms with van der Waals surface area (Å²) in [7, 11) is 0. The van der Waals surface area contributed by atoms with E-state index in [1.165, 1.54) is 12.3 Å². The number of pyridine rings is 1. The average molecular weight is 235 g/mol. The minimum absolute atomic E-state index is 0.00294. The summed E-state index contributed by atoms with van der Waals surface area (Å²) in [4.78, 5) is 26.4. The molecule has 1 aliphatic rings. The molecule has 1 atom stereocenters. The lowest BCUT2D eigenvalue weighted by molar-refractivity contribution is -0.119. The Kier molecular flexibility index (Phi) is 3.22. The molecule has 0 bridgehead atoms. The molecule has 1 saturated heterocycles. The molecule has 1 fully saturated rings. The second-order valence-electron chi connectivity index (χ2n) is 3.88. The van der Waals surface area contributed by atoms with Crippen molar-refractivity contribution in [2.75, 3.05) is 6.54 Å². The molecule has 2 heterocycles. The molecule has 0 saturated carbocycles. The molecule has 2 amide bonds. The van der Waals surface area contributed by atoms with E-state index in [0.29, 0.717) is 19.4 Å². The van der Waals surface area contributed by atoms with Crippen molar-refractivity contribution in [2.45, 2.75) is 18.9 Å². The third-order valence-corrected chi connectivity index (χ3v) is 2.60. The Labute approximate surface area is 98.1 Å². The van der Waals surface area contributed by atoms with Gasteiger partial charge in [0.25, 0.3) is 5.91 Å². The van der Waals surface area contributed by atoms with Crippen LogP contribution in [0.15, 0.2) is 18.3 Å². The molecule has 0 aliphatic carbocycles. The molecular weight excluding hydrogens is 222 g/mol. The summed E-state index contributed by atoms with van der Waals surface area (Å²) in [5.74, 6) is -0.588. The monoisotopic (exact) mass is 235 g/mol. The predicted molar refractivity (Wildman–Crippen MR) is 59.4 cm³/mol. The Morgan fingerprint density at radius 3 is 3.12 bits per heavy atom. The lowest BCUT2D eigenvalue weighted by atomic mass is 10.2. The Hall–Kier alpha value is -2.11. The number of rotatable bonds is 3. The van der Waals surface area contributed by atoms with E-state index in [-0.39, 0.29) is 23.4 Å². The van der Waals surface area contributed by atoms with E-state index in [1.807, 2.05) is 0 Å². The fourth-order valence-corrected chi connectivity index (χ4v) is 1.70. The molecule has 0 spiro atoms. The standard InChI is InChI=1S/C11H13N3O3/c15-8-2-1-5-12-10(8)11(17)13-6-7-3-4-9(16)14-7/h1-2,5,7,15H,3-4,6H2,(H,13,17)(H,14,16). The van der Waals surface area contributed by atoms with Gasteiger partial charge in [0.2, 0.25) is 5.91 Å². The van der Waals surface area contributed by atoms with Crippen LogP contribution < -0.4 is 10.6 Å². The van der Waals surface area contributed by atoms with Gasteiger partial charge in [-0.2, -0.15) is 0 Å². The first kappa shape index (κ1) is 11.4. The smallest absolute Gasteiger partial charge is 0.273 e. The second-order valence-corrected chi connectivity index (χ2v) is 3.88. The largest absolute Gasteiger partial charge is 0.505 e. The van der Waals surface area contributed by atoms with Crippen LogP contribution in [0.3, 0.4) is 0 Å². The second kappa shape index (κ2) is 4.82. The number of nitrogens with one attached hydrogen (secondary N) is 2. The maximum Gasteiger partial charge on any atom is 0.273 e. The fraction of sp³-hybridized carbons (Fsp3) is 0.364. The van der Waals surface area contributed by atoms with Crippen LogP contribution in [-0.4, -0.2) is 34.5 Å². The van der Waals surface area contributed by atoms with Crippen molar-refractivity contribution in [3.63, 3.8) is 0 Å². The molecule has 6 nitrogen and oxygen atoms in total. The summed E-state index contributed by atoms with van der Waals surface area (Å²) in [6.45, 7) is 0.348. The van der Waals surface area contributed by atoms with E-state index >= 15 is 0 Å². The first-order valence-corrected chi connectivity index (χ1v) is 5.38. The number of carbonyl (C=O) groups is 2. The molecule has 6 heteroatoms. The highest BCUT2D eigenvalue weighted by molar-refractivity contribution is 5.94. The molecule has 0 radical (unpaired) electrons. The summed E-state index contributed by atoms with van der Waals surface area (Å²) >= 11 is 0. The van der Waals surface area contributed by atoms with Crippen LogP contribution in [-0.2, 0) is 4.79 Å². The van der Waals surface area contributed by atoms with E-state index in [9.17, 15) is 14.7 Å². The van der Waals surface area contributed by atoms with Crippen molar-refractivity contribution < 1.29 is 14.7 Å². The van der Waals surface area contributed by atoms with E-state index in [1.54, 1.807) is 6.07 Å². The number of amides is 2. The highest BCUT2D eigenvalue weighted by atomic mass is 16.3. The topological polar surface area (TPSA) is 91.3 Å². The Morgan fingerprint density at radius 2 is 2.47 bits per heavy atom. The van der Waals surface area contributed by atoms with Gasteiger partial charge in [-0.25, -0.2) is 4.98 Å². The number of carbonyl (C=O) groups excluding carboxylic acids is 2. The third-order valence-electron chi connectivity index (χ3n) is 2.60. The lowest BCUT2D eigenvalue weighted by Gasteiger charge is -2.11. The van der Waals surface area contributed by atoms with Gasteiger partial charge in [0, 0.05) is 25.2 Å². The predicted octanol–water partition coefficient (Wildman–Crippen LogP) is -0.204. The molecular formula is C11H13N3O3. The van der Waals surface area contributed by atoms with Gasteiger partial charge in [0.1, 0.15) is 5.75 Å². The maximum absolute atomic E-state index is 11.7. The van der Waals surface area contributed by atoms with E-state index in [4.69, 9.17) is 0 Å². The van der Waals surface area contributed by atoms with Crippen molar-refractivity contribution in [1.82, 2.24) is 15.6 Å². The fourth-order valence-electron chi connectivity index (χ4n) is 1.70. The molecule has 1 aromatic rings. The highest BCUT2D eigenvalue weighted by Crippen LogP contribution is 2.12. The Bertz CT molecular complexity index is 447. The van der Waals surface area contributed by atoms with E-state index in [2.05, 4.69) is 15.6 Å². The van der Waals surface area contributed by atoms with Crippen LogP contribution in [0.1, 0.15) is 23.3 Å². The summed E-state index contributed by atoms with van der Waals surface area (Å²) in [5, 5.41) is 14.8. The Morgan fingerprint density at radius 1 is 1.65 bits per heavy atom. The van der Waals surface area contributed by atoms with Crippen LogP contribution in [0.2, 0.25) is 0 Å². The van der Waals surface area contributed by atoms with Gasteiger partial charge >= 0.3 is 0 Å². The normalized spacial score (nSPS) is 18.8. The van der Waals surface area contributed by atoms with Gasteiger partial charge in [-0.3, -0.25) is 9.59 Å². The van der Waals surface area contributed by atoms with Crippen LogP contribution >= 0.6 is 0 Å². The summed E-state index contributed by atoms with van der Waals surface area (Å²) in [5.41, 5.74) is -0.00294. The molecule has 1 aromatic heterocycles. The summed E-state index contributed by atoms with van der Waals surface area (Å²) < 4.78 is 0. The van der Waals surface area contributed by atoms with Crippen molar-refractivity contribution >= 4 is 11.8 Å². The van der Waals surface area contributed by atoms with Crippen LogP contribution in [0.25, 0.3) is 0 Å². The zero-order valence-corrected chi connectivity index (χ0v) is 9.14. The van der Waals surface area contributed by atoms with E-state index in [0.717, 1.165) is 0 Å².